The summed E-state index contributed by atoms with van der Waals surface area (Å²) in [6.07, 6.45) is 0.975. The van der Waals surface area contributed by atoms with Gasteiger partial charge < -0.3 is 4.90 Å². The van der Waals surface area contributed by atoms with Crippen LogP contribution in [0.15, 0.2) is 42.5 Å². The number of H-pyrrole nitrogens is 1. The number of rotatable bonds is 5. The van der Waals surface area contributed by atoms with Gasteiger partial charge in [-0.15, -0.1) is 12.4 Å². The number of hydrogen-bond acceptors (Lipinski definition) is 4. The first-order chi connectivity index (χ1) is 14.1. The Balaban J connectivity index is 0.00000256. The minimum absolute atomic E-state index is 0. The molecule has 3 aromatic rings. The van der Waals surface area contributed by atoms with Crippen molar-refractivity contribution >= 4 is 18.3 Å². The number of amides is 1. The number of carbonyl (C=O) groups excluding carboxylic acids is 1. The molecule has 0 spiro atoms. The highest BCUT2D eigenvalue weighted by Gasteiger charge is 2.22. The van der Waals surface area contributed by atoms with E-state index in [2.05, 4.69) is 37.9 Å². The molecule has 0 saturated carbocycles. The predicted octanol–water partition coefficient (Wildman–Crippen LogP) is 3.16. The van der Waals surface area contributed by atoms with Crippen molar-refractivity contribution in [2.75, 3.05) is 32.7 Å². The Morgan fingerprint density at radius 2 is 1.83 bits per heavy atom. The second kappa shape index (κ2) is 9.91. The van der Waals surface area contributed by atoms with Gasteiger partial charge >= 0.3 is 0 Å². The van der Waals surface area contributed by atoms with Crippen LogP contribution in [0.25, 0.3) is 11.3 Å². The van der Waals surface area contributed by atoms with Crippen molar-refractivity contribution in [1.82, 2.24) is 29.8 Å². The zero-order valence-electron chi connectivity index (χ0n) is 17.5. The summed E-state index contributed by atoms with van der Waals surface area (Å²) in [5.41, 5.74) is 4.62. The summed E-state index contributed by atoms with van der Waals surface area (Å²) in [7, 11) is 0. The molecule has 1 saturated heterocycles. The summed E-state index contributed by atoms with van der Waals surface area (Å²) in [5.74, 6) is 0.0278. The van der Waals surface area contributed by atoms with Crippen LogP contribution >= 0.6 is 12.4 Å². The third-order valence-electron chi connectivity index (χ3n) is 5.48. The van der Waals surface area contributed by atoms with Crippen LogP contribution in [0.4, 0.5) is 0 Å². The van der Waals surface area contributed by atoms with Crippen LogP contribution < -0.4 is 0 Å². The predicted molar refractivity (Wildman–Crippen MR) is 120 cm³/mol. The molecule has 2 aromatic heterocycles. The van der Waals surface area contributed by atoms with Crippen LogP contribution in [-0.4, -0.2) is 68.4 Å². The third kappa shape index (κ3) is 5.09. The van der Waals surface area contributed by atoms with Crippen LogP contribution in [0.5, 0.6) is 0 Å². The highest BCUT2D eigenvalue weighted by Crippen LogP contribution is 2.18. The molecule has 160 valence electrons. The molecule has 1 aliphatic heterocycles. The molecule has 1 fully saturated rings. The Bertz CT molecular complexity index is 967. The molecule has 30 heavy (non-hydrogen) atoms. The van der Waals surface area contributed by atoms with Gasteiger partial charge in [0.1, 0.15) is 5.69 Å². The number of nitrogens with zero attached hydrogens (tertiary/aromatic N) is 5. The quantitative estimate of drug-likeness (QED) is 0.677. The van der Waals surface area contributed by atoms with Gasteiger partial charge in [0.05, 0.1) is 17.9 Å². The zero-order valence-corrected chi connectivity index (χ0v) is 18.4. The zero-order chi connectivity index (χ0) is 20.2. The molecule has 3 heterocycles. The smallest absolute Gasteiger partial charge is 0.271 e. The first-order valence-electron chi connectivity index (χ1n) is 10.2. The summed E-state index contributed by atoms with van der Waals surface area (Å²) in [4.78, 5) is 17.3. The molecule has 0 radical (unpaired) electrons. The highest BCUT2D eigenvalue weighted by molar-refractivity contribution is 5.93. The Kier molecular flexibility index (Phi) is 7.29. The van der Waals surface area contributed by atoms with Crippen molar-refractivity contribution in [3.8, 4) is 11.3 Å². The molecule has 8 heteroatoms. The number of hydrogen-bond donors (Lipinski definition) is 1. The van der Waals surface area contributed by atoms with Crippen LogP contribution in [0.2, 0.25) is 0 Å². The molecule has 4 rings (SSSR count). The fraction of sp³-hybridized carbons (Fsp3) is 0.409. The third-order valence-corrected chi connectivity index (χ3v) is 5.48. The molecule has 1 aliphatic rings. The van der Waals surface area contributed by atoms with E-state index in [9.17, 15) is 4.79 Å². The van der Waals surface area contributed by atoms with Crippen molar-refractivity contribution in [3.63, 3.8) is 0 Å². The summed E-state index contributed by atoms with van der Waals surface area (Å²) in [5, 5.41) is 11.8. The van der Waals surface area contributed by atoms with Crippen LogP contribution in [-0.2, 0) is 6.54 Å². The van der Waals surface area contributed by atoms with Gasteiger partial charge in [0.25, 0.3) is 5.91 Å². The van der Waals surface area contributed by atoms with Crippen molar-refractivity contribution in [3.05, 3.63) is 59.5 Å². The van der Waals surface area contributed by atoms with E-state index in [4.69, 9.17) is 0 Å². The average molecular weight is 429 g/mol. The first-order valence-corrected chi connectivity index (χ1v) is 10.2. The van der Waals surface area contributed by atoms with Gasteiger partial charge in [-0.05, 0) is 38.9 Å². The SMILES string of the molecule is Cc1cc(C)n(CCN2CCCN(C(=O)c3cc(-c4ccccc4)n[nH]3)CC2)n1.Cl. The van der Waals surface area contributed by atoms with Gasteiger partial charge in [-0.25, -0.2) is 0 Å². The molecular formula is C22H29ClN6O. The lowest BCUT2D eigenvalue weighted by Gasteiger charge is -2.21. The van der Waals surface area contributed by atoms with Gasteiger partial charge in [0.2, 0.25) is 0 Å². The van der Waals surface area contributed by atoms with Crippen LogP contribution in [0.3, 0.4) is 0 Å². The maximum atomic E-state index is 13.0. The molecule has 0 unspecified atom stereocenters. The van der Waals surface area contributed by atoms with Crippen molar-refractivity contribution in [2.24, 2.45) is 0 Å². The highest BCUT2D eigenvalue weighted by atomic mass is 35.5. The standard InChI is InChI=1S/C22H28N6O.ClH/c1-17-15-18(2)28(25-17)14-12-26-9-6-10-27(13-11-26)22(29)21-16-20(23-24-21)19-7-4-3-5-8-19;/h3-5,7-8,15-16H,6,9-14H2,1-2H3,(H,23,24);1H. The molecular weight excluding hydrogens is 400 g/mol. The Morgan fingerprint density at radius 3 is 2.57 bits per heavy atom. The average Bonchev–Trinajstić information content (AvgIpc) is 3.26. The summed E-state index contributed by atoms with van der Waals surface area (Å²) in [6.45, 7) is 9.34. The van der Waals surface area contributed by atoms with E-state index in [1.54, 1.807) is 0 Å². The van der Waals surface area contributed by atoms with E-state index in [0.29, 0.717) is 5.69 Å². The summed E-state index contributed by atoms with van der Waals surface area (Å²) < 4.78 is 2.07. The molecule has 7 nitrogen and oxygen atoms in total. The number of aromatic amines is 1. The normalized spacial score (nSPS) is 14.9. The lowest BCUT2D eigenvalue weighted by molar-refractivity contribution is 0.0755. The molecule has 1 N–H and O–H groups in total. The van der Waals surface area contributed by atoms with Gasteiger partial charge in [-0.1, -0.05) is 30.3 Å². The number of benzene rings is 1. The Labute approximate surface area is 183 Å². The second-order valence-electron chi connectivity index (χ2n) is 7.67. The van der Waals surface area contributed by atoms with Crippen molar-refractivity contribution < 1.29 is 4.79 Å². The van der Waals surface area contributed by atoms with Gasteiger partial charge in [-0.3, -0.25) is 19.5 Å². The number of aromatic nitrogens is 4. The fourth-order valence-corrected chi connectivity index (χ4v) is 3.89. The largest absolute Gasteiger partial charge is 0.336 e. The van der Waals surface area contributed by atoms with Gasteiger partial charge in [0.15, 0.2) is 0 Å². The van der Waals surface area contributed by atoms with Crippen molar-refractivity contribution in [2.45, 2.75) is 26.8 Å². The maximum absolute atomic E-state index is 13.0. The molecule has 1 aromatic carbocycles. The molecule has 1 amide bonds. The van der Waals surface area contributed by atoms with Crippen LogP contribution in [0.1, 0.15) is 28.3 Å². The van der Waals surface area contributed by atoms with Crippen LogP contribution in [0, 0.1) is 13.8 Å². The van der Waals surface area contributed by atoms with E-state index in [1.807, 2.05) is 48.2 Å². The summed E-state index contributed by atoms with van der Waals surface area (Å²) in [6, 6.07) is 13.9. The van der Waals surface area contributed by atoms with E-state index in [0.717, 1.165) is 62.6 Å². The second-order valence-corrected chi connectivity index (χ2v) is 7.67. The van der Waals surface area contributed by atoms with E-state index < -0.39 is 0 Å². The van der Waals surface area contributed by atoms with Gasteiger partial charge in [-0.2, -0.15) is 10.2 Å². The summed E-state index contributed by atoms with van der Waals surface area (Å²) >= 11 is 0. The molecule has 0 aliphatic carbocycles. The Morgan fingerprint density at radius 1 is 1.03 bits per heavy atom. The minimum Gasteiger partial charge on any atom is -0.336 e. The topological polar surface area (TPSA) is 70.1 Å². The monoisotopic (exact) mass is 428 g/mol. The minimum atomic E-state index is 0. The number of halogens is 1. The Hall–Kier alpha value is -2.64. The number of nitrogens with one attached hydrogen (secondary N) is 1. The molecule has 0 bridgehead atoms. The van der Waals surface area contributed by atoms with E-state index in [1.165, 1.54) is 5.69 Å². The number of aryl methyl sites for hydroxylation is 2. The first kappa shape index (κ1) is 22.1. The van der Waals surface area contributed by atoms with Gasteiger partial charge in [0, 0.05) is 37.4 Å². The maximum Gasteiger partial charge on any atom is 0.271 e. The lowest BCUT2D eigenvalue weighted by atomic mass is 10.1. The van der Waals surface area contributed by atoms with E-state index >= 15 is 0 Å². The van der Waals surface area contributed by atoms with E-state index in [-0.39, 0.29) is 18.3 Å². The van der Waals surface area contributed by atoms with Crippen molar-refractivity contribution in [1.29, 1.82) is 0 Å². The lowest BCUT2D eigenvalue weighted by Crippen LogP contribution is -2.36. The number of carbonyl (C=O) groups is 1. The fourth-order valence-electron chi connectivity index (χ4n) is 3.89. The molecule has 0 atom stereocenters.